The summed E-state index contributed by atoms with van der Waals surface area (Å²) in [7, 11) is 0. The maximum absolute atomic E-state index is 11.3. The van der Waals surface area contributed by atoms with Crippen LogP contribution in [0.25, 0.3) is 0 Å². The Morgan fingerprint density at radius 3 is 2.50 bits per heavy atom. The molecule has 1 aromatic rings. The number of carboxylic acids is 1. The van der Waals surface area contributed by atoms with Crippen molar-refractivity contribution in [2.75, 3.05) is 18.0 Å². The van der Waals surface area contributed by atoms with Gasteiger partial charge in [0.2, 0.25) is 0 Å². The van der Waals surface area contributed by atoms with Crippen LogP contribution in [0.1, 0.15) is 24.2 Å². The van der Waals surface area contributed by atoms with Gasteiger partial charge in [0, 0.05) is 35.7 Å². The Kier molecular flexibility index (Phi) is 4.17. The second-order valence-corrected chi connectivity index (χ2v) is 6.81. The quantitative estimate of drug-likeness (QED) is 0.682. The van der Waals surface area contributed by atoms with Crippen molar-refractivity contribution in [1.82, 2.24) is 0 Å². The maximum Gasteiger partial charge on any atom is 0.338 e. The lowest BCUT2D eigenvalue weighted by molar-refractivity contribution is -0.384. The topological polar surface area (TPSA) is 83.7 Å². The monoisotopic (exact) mass is 296 g/mol. The summed E-state index contributed by atoms with van der Waals surface area (Å²) in [5.41, 5.74) is 0.353. The van der Waals surface area contributed by atoms with Crippen LogP contribution >= 0.6 is 11.8 Å². The predicted molar refractivity (Wildman–Crippen MR) is 78.8 cm³/mol. The highest BCUT2D eigenvalue weighted by Gasteiger charge is 2.26. The molecule has 0 bridgehead atoms. The zero-order chi connectivity index (χ0) is 14.9. The van der Waals surface area contributed by atoms with Gasteiger partial charge in [0.05, 0.1) is 16.2 Å². The molecule has 6 nitrogen and oxygen atoms in total. The molecule has 1 heterocycles. The molecule has 1 aromatic carbocycles. The summed E-state index contributed by atoms with van der Waals surface area (Å²) in [5.74, 6) is -1.14. The van der Waals surface area contributed by atoms with E-state index < -0.39 is 10.9 Å². The Morgan fingerprint density at radius 2 is 2.00 bits per heavy atom. The van der Waals surface area contributed by atoms with Crippen LogP contribution in [0.3, 0.4) is 0 Å². The number of benzene rings is 1. The Hall–Kier alpha value is -1.76. The molecule has 0 aromatic heterocycles. The number of hydrogen-bond donors (Lipinski definition) is 1. The molecule has 2 atom stereocenters. The van der Waals surface area contributed by atoms with E-state index >= 15 is 0 Å². The second-order valence-electron chi connectivity index (χ2n) is 4.93. The van der Waals surface area contributed by atoms with Crippen LogP contribution in [0, 0.1) is 10.1 Å². The Labute approximate surface area is 120 Å². The van der Waals surface area contributed by atoms with Gasteiger partial charge in [-0.15, -0.1) is 0 Å². The van der Waals surface area contributed by atoms with Gasteiger partial charge in [-0.2, -0.15) is 11.8 Å². The van der Waals surface area contributed by atoms with Gasteiger partial charge >= 0.3 is 5.97 Å². The fourth-order valence-electron chi connectivity index (χ4n) is 2.46. The minimum absolute atomic E-state index is 0.00880. The van der Waals surface area contributed by atoms with Crippen molar-refractivity contribution in [1.29, 1.82) is 0 Å². The van der Waals surface area contributed by atoms with Crippen LogP contribution < -0.4 is 4.90 Å². The number of non-ortho nitro benzene ring substituents is 1. The van der Waals surface area contributed by atoms with E-state index in [9.17, 15) is 20.0 Å². The standard InChI is InChI=1S/C13H16N2O4S/c1-8-6-14(7-9(2)20-8)12-4-3-10(15(18)19)5-11(12)13(16)17/h3-5,8-9H,6-7H2,1-2H3,(H,16,17). The number of nitro benzene ring substituents is 1. The molecule has 1 aliphatic heterocycles. The summed E-state index contributed by atoms with van der Waals surface area (Å²) < 4.78 is 0. The lowest BCUT2D eigenvalue weighted by Gasteiger charge is -2.36. The number of carboxylic acid groups (broad SMARTS) is 1. The largest absolute Gasteiger partial charge is 0.478 e. The Balaban J connectivity index is 2.40. The highest BCUT2D eigenvalue weighted by atomic mass is 32.2. The van der Waals surface area contributed by atoms with Gasteiger partial charge in [-0.25, -0.2) is 4.79 Å². The first-order valence-corrected chi connectivity index (χ1v) is 7.25. The number of nitrogens with zero attached hydrogens (tertiary/aromatic N) is 2. The normalized spacial score (nSPS) is 22.6. The van der Waals surface area contributed by atoms with Crippen LogP contribution in [0.15, 0.2) is 18.2 Å². The van der Waals surface area contributed by atoms with E-state index in [1.807, 2.05) is 16.7 Å². The number of rotatable bonds is 3. The van der Waals surface area contributed by atoms with Crippen LogP contribution in [0.2, 0.25) is 0 Å². The molecule has 0 amide bonds. The van der Waals surface area contributed by atoms with Crippen molar-refractivity contribution in [3.8, 4) is 0 Å². The molecule has 0 spiro atoms. The highest BCUT2D eigenvalue weighted by molar-refractivity contribution is 8.00. The molecule has 2 rings (SSSR count). The molecule has 7 heteroatoms. The highest BCUT2D eigenvalue weighted by Crippen LogP contribution is 2.32. The van der Waals surface area contributed by atoms with Crippen molar-refractivity contribution < 1.29 is 14.8 Å². The average Bonchev–Trinajstić information content (AvgIpc) is 2.36. The minimum Gasteiger partial charge on any atom is -0.478 e. The summed E-state index contributed by atoms with van der Waals surface area (Å²) in [6, 6.07) is 4.03. The number of aromatic carboxylic acids is 1. The molecule has 1 saturated heterocycles. The lowest BCUT2D eigenvalue weighted by Crippen LogP contribution is -2.41. The fraction of sp³-hybridized carbons (Fsp3) is 0.462. The molecule has 0 saturated carbocycles. The van der Waals surface area contributed by atoms with E-state index in [2.05, 4.69) is 13.8 Å². The predicted octanol–water partition coefficient (Wildman–Crippen LogP) is 2.62. The van der Waals surface area contributed by atoms with Crippen molar-refractivity contribution in [2.45, 2.75) is 24.3 Å². The average molecular weight is 296 g/mol. The number of thioether (sulfide) groups is 1. The van der Waals surface area contributed by atoms with E-state index in [4.69, 9.17) is 0 Å². The van der Waals surface area contributed by atoms with Gasteiger partial charge in [-0.1, -0.05) is 13.8 Å². The SMILES string of the molecule is CC1CN(c2ccc([N+](=O)[O-])cc2C(=O)O)CC(C)S1. The van der Waals surface area contributed by atoms with Crippen molar-refractivity contribution in [3.63, 3.8) is 0 Å². The lowest BCUT2D eigenvalue weighted by atomic mass is 10.1. The third-order valence-electron chi connectivity index (χ3n) is 3.18. The minimum atomic E-state index is -1.14. The molecule has 20 heavy (non-hydrogen) atoms. The number of carbonyl (C=O) groups is 1. The molecule has 1 aliphatic rings. The molecule has 1 fully saturated rings. The third-order valence-corrected chi connectivity index (χ3v) is 4.41. The van der Waals surface area contributed by atoms with Crippen LogP contribution in [0.5, 0.6) is 0 Å². The number of anilines is 1. The van der Waals surface area contributed by atoms with Crippen LogP contribution in [-0.4, -0.2) is 39.6 Å². The van der Waals surface area contributed by atoms with Gasteiger partial charge in [-0.3, -0.25) is 10.1 Å². The second kappa shape index (κ2) is 5.70. The molecule has 108 valence electrons. The smallest absolute Gasteiger partial charge is 0.338 e. The number of nitro groups is 1. The van der Waals surface area contributed by atoms with Crippen LogP contribution in [-0.2, 0) is 0 Å². The van der Waals surface area contributed by atoms with E-state index in [1.54, 1.807) is 0 Å². The summed E-state index contributed by atoms with van der Waals surface area (Å²) >= 11 is 1.86. The first-order valence-electron chi connectivity index (χ1n) is 6.30. The molecule has 2 unspecified atom stereocenters. The molecule has 0 radical (unpaired) electrons. The summed E-state index contributed by atoms with van der Waals surface area (Å²) in [5, 5.41) is 20.8. The fourth-order valence-corrected chi connectivity index (χ4v) is 3.78. The van der Waals surface area contributed by atoms with E-state index in [-0.39, 0.29) is 11.3 Å². The first-order chi connectivity index (χ1) is 9.38. The van der Waals surface area contributed by atoms with Gasteiger partial charge in [0.25, 0.3) is 5.69 Å². The zero-order valence-electron chi connectivity index (χ0n) is 11.3. The first kappa shape index (κ1) is 14.6. The van der Waals surface area contributed by atoms with Crippen LogP contribution in [0.4, 0.5) is 11.4 Å². The summed E-state index contributed by atoms with van der Waals surface area (Å²) in [6.45, 7) is 5.68. The molecular weight excluding hydrogens is 280 g/mol. The molecule has 1 N–H and O–H groups in total. The zero-order valence-corrected chi connectivity index (χ0v) is 12.1. The van der Waals surface area contributed by atoms with Crippen molar-refractivity contribution >= 4 is 29.1 Å². The van der Waals surface area contributed by atoms with E-state index in [0.29, 0.717) is 16.2 Å². The Morgan fingerprint density at radius 1 is 1.40 bits per heavy atom. The van der Waals surface area contributed by atoms with Crippen molar-refractivity contribution in [3.05, 3.63) is 33.9 Å². The Bertz CT molecular complexity index is 539. The van der Waals surface area contributed by atoms with Gasteiger partial charge < -0.3 is 10.0 Å². The third kappa shape index (κ3) is 3.04. The van der Waals surface area contributed by atoms with E-state index in [1.165, 1.54) is 12.1 Å². The van der Waals surface area contributed by atoms with Gasteiger partial charge in [-0.05, 0) is 6.07 Å². The van der Waals surface area contributed by atoms with Gasteiger partial charge in [0.1, 0.15) is 0 Å². The molecular formula is C13H16N2O4S. The number of hydrogen-bond acceptors (Lipinski definition) is 5. The van der Waals surface area contributed by atoms with Crippen molar-refractivity contribution in [2.24, 2.45) is 0 Å². The summed E-state index contributed by atoms with van der Waals surface area (Å²) in [4.78, 5) is 23.5. The van der Waals surface area contributed by atoms with E-state index in [0.717, 1.165) is 19.2 Å². The summed E-state index contributed by atoms with van der Waals surface area (Å²) in [6.07, 6.45) is 0. The van der Waals surface area contributed by atoms with Gasteiger partial charge in [0.15, 0.2) is 0 Å². The molecule has 0 aliphatic carbocycles. The maximum atomic E-state index is 11.3.